The molecule has 52 heavy (non-hydrogen) atoms. The molecule has 4 fully saturated rings. The van der Waals surface area contributed by atoms with E-state index in [0.29, 0.717) is 34.9 Å². The van der Waals surface area contributed by atoms with Crippen molar-refractivity contribution in [3.05, 3.63) is 64.0 Å². The molecule has 0 amide bonds. The summed E-state index contributed by atoms with van der Waals surface area (Å²) in [6.45, 7) is 16.1. The van der Waals surface area contributed by atoms with Gasteiger partial charge in [0.05, 0.1) is 22.0 Å². The summed E-state index contributed by atoms with van der Waals surface area (Å²) >= 11 is 0. The number of carbonyl (C=O) groups is 4. The molecule has 2 aromatic carbocycles. The maximum absolute atomic E-state index is 14.7. The van der Waals surface area contributed by atoms with E-state index in [1.54, 1.807) is 39.8 Å². The molecule has 2 saturated carbocycles. The predicted molar refractivity (Wildman–Crippen MR) is 186 cm³/mol. The second-order valence-corrected chi connectivity index (χ2v) is 17.3. The summed E-state index contributed by atoms with van der Waals surface area (Å²) in [5.41, 5.74) is -6.86. The molecule has 274 valence electrons. The molecule has 8 rings (SSSR count). The third-order valence-corrected chi connectivity index (χ3v) is 14.3. The smallest absolute Gasteiger partial charge is 0.351 e. The van der Waals surface area contributed by atoms with Gasteiger partial charge >= 0.3 is 29.5 Å². The van der Waals surface area contributed by atoms with Crippen LogP contribution in [0.15, 0.2) is 51.7 Å². The lowest BCUT2D eigenvalue weighted by Gasteiger charge is -2.45. The van der Waals surface area contributed by atoms with Gasteiger partial charge in [-0.3, -0.25) is 9.59 Å². The summed E-state index contributed by atoms with van der Waals surface area (Å²) in [6.07, 6.45) is -1.39. The van der Waals surface area contributed by atoms with Crippen LogP contribution in [0.3, 0.4) is 0 Å². The van der Waals surface area contributed by atoms with E-state index in [-0.39, 0.29) is 29.7 Å². The first kappa shape index (κ1) is 34.4. The molecule has 0 spiro atoms. The number of hydrogen-bond donors (Lipinski definition) is 0. The van der Waals surface area contributed by atoms with E-state index >= 15 is 0 Å². The molecular formula is C41H44O11. The van der Waals surface area contributed by atoms with Crippen molar-refractivity contribution in [3.8, 4) is 16.9 Å². The first-order chi connectivity index (χ1) is 24.2. The Morgan fingerprint density at radius 3 is 1.73 bits per heavy atom. The molecule has 0 radical (unpaired) electrons. The van der Waals surface area contributed by atoms with Crippen LogP contribution in [0, 0.1) is 28.6 Å². The van der Waals surface area contributed by atoms with Crippen molar-refractivity contribution in [3.63, 3.8) is 0 Å². The fraction of sp³-hybridized carbons (Fsp3) is 0.537. The second kappa shape index (κ2) is 10.3. The SMILES string of the molecule is Cc1c(-c2ccccc2)c(=O)oc2c3c(ccc12)OC(C)(C)[C@H](OC(=O)[C@@]12CC[C@@](C)(C(=O)O1)C2(C)C)[C@@H]3OC(=O)[C@@]12CC[C@@](C)(C(=O)O1)C2(C)C. The molecule has 3 aliphatic heterocycles. The van der Waals surface area contributed by atoms with Crippen LogP contribution in [0.1, 0.15) is 98.3 Å². The zero-order valence-electron chi connectivity index (χ0n) is 31.0. The lowest BCUT2D eigenvalue weighted by Crippen LogP contribution is -2.57. The topological polar surface area (TPSA) is 145 Å². The Kier molecular flexibility index (Phi) is 6.79. The van der Waals surface area contributed by atoms with Gasteiger partial charge in [0.15, 0.2) is 12.2 Å². The molecular weight excluding hydrogens is 668 g/mol. The zero-order valence-corrected chi connectivity index (χ0v) is 31.0. The van der Waals surface area contributed by atoms with E-state index in [2.05, 4.69) is 0 Å². The summed E-state index contributed by atoms with van der Waals surface area (Å²) in [6, 6.07) is 12.6. The Labute approximate surface area is 301 Å². The van der Waals surface area contributed by atoms with Gasteiger partial charge < -0.3 is 28.1 Å². The minimum atomic E-state index is -1.62. The highest BCUT2D eigenvalue weighted by Crippen LogP contribution is 2.67. The quantitative estimate of drug-likeness (QED) is 0.159. The molecule has 11 nitrogen and oxygen atoms in total. The summed E-state index contributed by atoms with van der Waals surface area (Å²) in [5, 5.41) is 0.557. The van der Waals surface area contributed by atoms with E-state index in [0.717, 1.165) is 0 Å². The molecule has 5 aliphatic rings. The third kappa shape index (κ3) is 3.89. The Hall–Kier alpha value is -4.67. The highest BCUT2D eigenvalue weighted by Gasteiger charge is 2.78. The Bertz CT molecular complexity index is 2180. The predicted octanol–water partition coefficient (Wildman–Crippen LogP) is 6.68. The van der Waals surface area contributed by atoms with Crippen LogP contribution in [0.25, 0.3) is 22.1 Å². The number of benzene rings is 2. The largest absolute Gasteiger partial charge is 0.483 e. The molecule has 11 heteroatoms. The average molecular weight is 713 g/mol. The lowest BCUT2D eigenvalue weighted by molar-refractivity contribution is -0.217. The van der Waals surface area contributed by atoms with Gasteiger partial charge in [0.2, 0.25) is 11.2 Å². The number of hydrogen-bond acceptors (Lipinski definition) is 11. The summed E-state index contributed by atoms with van der Waals surface area (Å²) in [4.78, 5) is 69.4. The van der Waals surface area contributed by atoms with Gasteiger partial charge in [-0.15, -0.1) is 0 Å². The minimum absolute atomic E-state index is 0.102. The monoisotopic (exact) mass is 712 g/mol. The molecule has 2 saturated heterocycles. The Balaban J connectivity index is 1.30. The van der Waals surface area contributed by atoms with Crippen LogP contribution in [-0.2, 0) is 38.1 Å². The summed E-state index contributed by atoms with van der Waals surface area (Å²) in [7, 11) is 0. The maximum Gasteiger partial charge on any atom is 0.351 e. The van der Waals surface area contributed by atoms with Crippen molar-refractivity contribution in [2.45, 2.75) is 117 Å². The molecule has 4 bridgehead atoms. The number of carbonyl (C=O) groups excluding carboxylic acids is 4. The van der Waals surface area contributed by atoms with E-state index in [4.69, 9.17) is 28.1 Å². The first-order valence-electron chi connectivity index (χ1n) is 17.9. The van der Waals surface area contributed by atoms with Gasteiger partial charge in [-0.25, -0.2) is 14.4 Å². The summed E-state index contributed by atoms with van der Waals surface area (Å²) < 4.78 is 37.3. The normalized spacial score (nSPS) is 34.3. The van der Waals surface area contributed by atoms with Crippen molar-refractivity contribution < 1.29 is 47.3 Å². The number of rotatable bonds is 5. The van der Waals surface area contributed by atoms with Crippen molar-refractivity contribution in [1.82, 2.24) is 0 Å². The lowest BCUT2D eigenvalue weighted by atomic mass is 9.66. The van der Waals surface area contributed by atoms with Gasteiger partial charge in [-0.05, 0) is 83.6 Å². The van der Waals surface area contributed by atoms with E-state index in [1.165, 1.54) is 0 Å². The van der Waals surface area contributed by atoms with Gasteiger partial charge in [0.25, 0.3) is 0 Å². The number of esters is 4. The average Bonchev–Trinajstić information content (AvgIpc) is 3.54. The van der Waals surface area contributed by atoms with Crippen molar-refractivity contribution >= 4 is 34.8 Å². The van der Waals surface area contributed by atoms with E-state index < -0.39 is 80.2 Å². The van der Waals surface area contributed by atoms with Crippen LogP contribution in [-0.4, -0.2) is 46.8 Å². The Morgan fingerprint density at radius 1 is 0.692 bits per heavy atom. The van der Waals surface area contributed by atoms with Crippen LogP contribution >= 0.6 is 0 Å². The molecule has 6 atom stereocenters. The molecule has 3 aromatic rings. The van der Waals surface area contributed by atoms with Crippen LogP contribution < -0.4 is 10.4 Å². The first-order valence-corrected chi connectivity index (χ1v) is 17.9. The molecule has 0 N–H and O–H groups in total. The maximum atomic E-state index is 14.7. The summed E-state index contributed by atoms with van der Waals surface area (Å²) in [5.74, 6) is -2.29. The Morgan fingerprint density at radius 2 is 1.23 bits per heavy atom. The second-order valence-electron chi connectivity index (χ2n) is 17.3. The van der Waals surface area contributed by atoms with Crippen LogP contribution in [0.5, 0.6) is 5.75 Å². The van der Waals surface area contributed by atoms with Crippen molar-refractivity contribution in [2.75, 3.05) is 0 Å². The zero-order chi connectivity index (χ0) is 37.6. The highest BCUT2D eigenvalue weighted by atomic mass is 16.7. The van der Waals surface area contributed by atoms with Gasteiger partial charge in [0, 0.05) is 16.2 Å². The van der Waals surface area contributed by atoms with Crippen molar-refractivity contribution in [1.29, 1.82) is 0 Å². The van der Waals surface area contributed by atoms with E-state index in [9.17, 15) is 24.0 Å². The molecule has 1 aromatic heterocycles. The van der Waals surface area contributed by atoms with Gasteiger partial charge in [-0.1, -0.05) is 58.0 Å². The van der Waals surface area contributed by atoms with Gasteiger partial charge in [0.1, 0.15) is 16.9 Å². The fourth-order valence-electron chi connectivity index (χ4n) is 9.72. The third-order valence-electron chi connectivity index (χ3n) is 14.3. The number of ether oxygens (including phenoxy) is 5. The van der Waals surface area contributed by atoms with Gasteiger partial charge in [-0.2, -0.15) is 0 Å². The molecule has 0 unspecified atom stereocenters. The van der Waals surface area contributed by atoms with Crippen molar-refractivity contribution in [2.24, 2.45) is 21.7 Å². The number of aryl methyl sites for hydroxylation is 1. The molecule has 4 heterocycles. The fourth-order valence-corrected chi connectivity index (χ4v) is 9.72. The highest BCUT2D eigenvalue weighted by molar-refractivity contribution is 5.96. The van der Waals surface area contributed by atoms with Crippen LogP contribution in [0.4, 0.5) is 0 Å². The van der Waals surface area contributed by atoms with E-state index in [1.807, 2.05) is 65.0 Å². The number of fused-ring (bicyclic) bond motifs is 7. The molecule has 2 aliphatic carbocycles. The van der Waals surface area contributed by atoms with Crippen LogP contribution in [0.2, 0.25) is 0 Å². The standard InChI is InChI=1S/C41H44O11/c1-21-23-15-16-24-26(27(23)47-30(42)25(21)22-13-11-10-12-14-22)28(48-33(45)40-19-17-38(8,31(43)51-40)36(40,4)5)29(35(2,3)50-24)49-34(46)41-20-18-39(9,32(44)52-41)37(41,6)7/h10-16,28-29H,17-20H2,1-9H3/t28-,29-,38+,39+,40-,41-/m1/s1. The minimum Gasteiger partial charge on any atom is -0.483 e.